The average Bonchev–Trinajstić information content (AvgIpc) is 2.54. The molecule has 5 nitrogen and oxygen atoms in total. The van der Waals surface area contributed by atoms with Crippen molar-refractivity contribution < 1.29 is 0 Å². The zero-order valence-corrected chi connectivity index (χ0v) is 15.0. The Kier molecular flexibility index (Phi) is 4.93. The fourth-order valence-electron chi connectivity index (χ4n) is 2.65. The number of anilines is 3. The molecule has 3 aromatic rings. The molecule has 0 amide bonds. The van der Waals surface area contributed by atoms with Crippen LogP contribution in [0.1, 0.15) is 25.2 Å². The second kappa shape index (κ2) is 7.30. The van der Waals surface area contributed by atoms with Crippen molar-refractivity contribution in [2.45, 2.75) is 33.7 Å². The zero-order valence-electron chi connectivity index (χ0n) is 15.0. The van der Waals surface area contributed by atoms with Gasteiger partial charge >= 0.3 is 0 Å². The Morgan fingerprint density at radius 3 is 2.08 bits per heavy atom. The van der Waals surface area contributed by atoms with E-state index in [1.807, 2.05) is 62.4 Å². The van der Waals surface area contributed by atoms with Gasteiger partial charge in [0.2, 0.25) is 0 Å². The smallest absolute Gasteiger partial charge is 0.163 e. The molecule has 0 saturated carbocycles. The van der Waals surface area contributed by atoms with Gasteiger partial charge in [0.25, 0.3) is 0 Å². The zero-order chi connectivity index (χ0) is 17.8. The lowest BCUT2D eigenvalue weighted by atomic mass is 10.2. The van der Waals surface area contributed by atoms with Crippen LogP contribution in [0, 0.1) is 13.8 Å². The van der Waals surface area contributed by atoms with E-state index in [-0.39, 0.29) is 6.04 Å². The Labute approximate surface area is 148 Å². The Balaban J connectivity index is 1.99. The molecule has 0 saturated heterocycles. The molecule has 25 heavy (non-hydrogen) atoms. The van der Waals surface area contributed by atoms with E-state index < -0.39 is 0 Å². The van der Waals surface area contributed by atoms with Crippen LogP contribution in [-0.2, 0) is 0 Å². The summed E-state index contributed by atoms with van der Waals surface area (Å²) >= 11 is 0. The van der Waals surface area contributed by atoms with Crippen molar-refractivity contribution in [1.82, 2.24) is 15.0 Å². The third kappa shape index (κ3) is 4.53. The predicted octanol–water partition coefficient (Wildman–Crippen LogP) is 4.72. The van der Waals surface area contributed by atoms with Crippen molar-refractivity contribution in [1.29, 1.82) is 0 Å². The van der Waals surface area contributed by atoms with Gasteiger partial charge in [0.1, 0.15) is 11.6 Å². The Hall–Kier alpha value is -2.95. The van der Waals surface area contributed by atoms with Gasteiger partial charge in [-0.25, -0.2) is 9.97 Å². The van der Waals surface area contributed by atoms with Crippen molar-refractivity contribution in [3.8, 4) is 11.4 Å². The minimum Gasteiger partial charge on any atom is -0.368 e. The Bertz CT molecular complexity index is 839. The molecular formula is C20H23N5. The Morgan fingerprint density at radius 1 is 0.800 bits per heavy atom. The normalized spacial score (nSPS) is 10.8. The quantitative estimate of drug-likeness (QED) is 0.707. The Morgan fingerprint density at radius 2 is 1.44 bits per heavy atom. The maximum Gasteiger partial charge on any atom is 0.163 e. The van der Waals surface area contributed by atoms with E-state index in [0.29, 0.717) is 5.82 Å². The van der Waals surface area contributed by atoms with E-state index in [9.17, 15) is 0 Å². The molecule has 2 heterocycles. The summed E-state index contributed by atoms with van der Waals surface area (Å²) in [5.74, 6) is 2.24. The van der Waals surface area contributed by atoms with Crippen LogP contribution >= 0.6 is 0 Å². The molecule has 128 valence electrons. The van der Waals surface area contributed by atoms with E-state index in [1.54, 1.807) is 0 Å². The molecule has 0 spiro atoms. The van der Waals surface area contributed by atoms with E-state index in [4.69, 9.17) is 0 Å². The minimum absolute atomic E-state index is 0.289. The SMILES string of the molecule is Cc1cc(Nc2cc(NC(C)C)nc(-c3ccccc3)n2)cc(C)n1. The number of aryl methyl sites for hydroxylation is 2. The third-order valence-electron chi connectivity index (χ3n) is 3.55. The summed E-state index contributed by atoms with van der Waals surface area (Å²) in [5, 5.41) is 6.74. The molecule has 2 aromatic heterocycles. The van der Waals surface area contributed by atoms with Crippen molar-refractivity contribution in [2.24, 2.45) is 0 Å². The van der Waals surface area contributed by atoms with Gasteiger partial charge in [0.15, 0.2) is 5.82 Å². The van der Waals surface area contributed by atoms with Gasteiger partial charge in [0.05, 0.1) is 0 Å². The van der Waals surface area contributed by atoms with Gasteiger partial charge < -0.3 is 10.6 Å². The number of hydrogen-bond acceptors (Lipinski definition) is 5. The van der Waals surface area contributed by atoms with E-state index in [0.717, 1.165) is 34.3 Å². The molecular weight excluding hydrogens is 310 g/mol. The summed E-state index contributed by atoms with van der Waals surface area (Å²) < 4.78 is 0. The highest BCUT2D eigenvalue weighted by Crippen LogP contribution is 2.23. The molecule has 0 aliphatic carbocycles. The summed E-state index contributed by atoms with van der Waals surface area (Å²) in [5.41, 5.74) is 3.90. The van der Waals surface area contributed by atoms with Crippen molar-refractivity contribution in [3.63, 3.8) is 0 Å². The number of nitrogens with zero attached hydrogens (tertiary/aromatic N) is 3. The number of pyridine rings is 1. The minimum atomic E-state index is 0.289. The van der Waals surface area contributed by atoms with Gasteiger partial charge in [-0.3, -0.25) is 4.98 Å². The van der Waals surface area contributed by atoms with Gasteiger partial charge in [-0.05, 0) is 39.8 Å². The van der Waals surface area contributed by atoms with Crippen LogP contribution in [0.3, 0.4) is 0 Å². The molecule has 0 radical (unpaired) electrons. The predicted molar refractivity (Wildman–Crippen MR) is 103 cm³/mol. The molecule has 1 aromatic carbocycles. The fraction of sp³-hybridized carbons (Fsp3) is 0.250. The first kappa shape index (κ1) is 16.9. The van der Waals surface area contributed by atoms with E-state index >= 15 is 0 Å². The van der Waals surface area contributed by atoms with Crippen LogP contribution in [0.2, 0.25) is 0 Å². The summed E-state index contributed by atoms with van der Waals surface area (Å²) in [6, 6.07) is 16.2. The van der Waals surface area contributed by atoms with Gasteiger partial charge in [-0.1, -0.05) is 30.3 Å². The summed E-state index contributed by atoms with van der Waals surface area (Å²) in [6.07, 6.45) is 0. The monoisotopic (exact) mass is 333 g/mol. The first-order valence-electron chi connectivity index (χ1n) is 8.43. The number of hydrogen-bond donors (Lipinski definition) is 2. The molecule has 0 fully saturated rings. The number of rotatable bonds is 5. The van der Waals surface area contributed by atoms with Crippen molar-refractivity contribution >= 4 is 17.3 Å². The standard InChI is InChI=1S/C20H23N5/c1-13(2)21-18-12-19(23-17-10-14(3)22-15(4)11-17)25-20(24-18)16-8-6-5-7-9-16/h5-13H,1-4H3,(H2,21,22,23,24,25). The van der Waals surface area contributed by atoms with Crippen LogP contribution in [0.15, 0.2) is 48.5 Å². The maximum absolute atomic E-state index is 4.68. The second-order valence-electron chi connectivity index (χ2n) is 6.39. The molecule has 3 rings (SSSR count). The molecule has 0 unspecified atom stereocenters. The topological polar surface area (TPSA) is 62.7 Å². The van der Waals surface area contributed by atoms with E-state index in [1.165, 1.54) is 0 Å². The highest BCUT2D eigenvalue weighted by atomic mass is 15.1. The van der Waals surface area contributed by atoms with Crippen LogP contribution in [0.5, 0.6) is 0 Å². The summed E-state index contributed by atoms with van der Waals surface area (Å²) in [4.78, 5) is 13.7. The van der Waals surface area contributed by atoms with Crippen molar-refractivity contribution in [2.75, 3.05) is 10.6 Å². The third-order valence-corrected chi connectivity index (χ3v) is 3.55. The molecule has 0 atom stereocenters. The average molecular weight is 333 g/mol. The molecule has 0 bridgehead atoms. The van der Waals surface area contributed by atoms with E-state index in [2.05, 4.69) is 39.4 Å². The first-order chi connectivity index (χ1) is 12.0. The molecule has 0 aliphatic rings. The van der Waals surface area contributed by atoms with Gasteiger partial charge in [0, 0.05) is 34.7 Å². The number of benzene rings is 1. The first-order valence-corrected chi connectivity index (χ1v) is 8.43. The van der Waals surface area contributed by atoms with Gasteiger partial charge in [-0.15, -0.1) is 0 Å². The largest absolute Gasteiger partial charge is 0.368 e. The second-order valence-corrected chi connectivity index (χ2v) is 6.39. The highest BCUT2D eigenvalue weighted by Gasteiger charge is 2.08. The summed E-state index contributed by atoms with van der Waals surface area (Å²) in [6.45, 7) is 8.15. The fourth-order valence-corrected chi connectivity index (χ4v) is 2.65. The lowest BCUT2D eigenvalue weighted by molar-refractivity contribution is 0.887. The van der Waals surface area contributed by atoms with Crippen LogP contribution in [-0.4, -0.2) is 21.0 Å². The molecule has 0 aliphatic heterocycles. The number of nitrogens with one attached hydrogen (secondary N) is 2. The molecule has 2 N–H and O–H groups in total. The maximum atomic E-state index is 4.68. The lowest BCUT2D eigenvalue weighted by Crippen LogP contribution is -2.12. The highest BCUT2D eigenvalue weighted by molar-refractivity contribution is 5.65. The van der Waals surface area contributed by atoms with Crippen LogP contribution < -0.4 is 10.6 Å². The summed E-state index contributed by atoms with van der Waals surface area (Å²) in [7, 11) is 0. The molecule has 5 heteroatoms. The lowest BCUT2D eigenvalue weighted by Gasteiger charge is -2.14. The van der Waals surface area contributed by atoms with Gasteiger partial charge in [-0.2, -0.15) is 0 Å². The van der Waals surface area contributed by atoms with Crippen LogP contribution in [0.4, 0.5) is 17.3 Å². The number of aromatic nitrogens is 3. The van der Waals surface area contributed by atoms with Crippen molar-refractivity contribution in [3.05, 3.63) is 59.9 Å². The van der Waals surface area contributed by atoms with Crippen LogP contribution in [0.25, 0.3) is 11.4 Å².